The first-order valence-electron chi connectivity index (χ1n) is 9.98. The van der Waals surface area contributed by atoms with Gasteiger partial charge in [-0.2, -0.15) is 4.98 Å². The minimum absolute atomic E-state index is 0.242. The molecule has 5 heteroatoms. The molecule has 2 unspecified atom stereocenters. The third-order valence-electron chi connectivity index (χ3n) is 5.95. The van der Waals surface area contributed by atoms with Gasteiger partial charge >= 0.3 is 0 Å². The van der Waals surface area contributed by atoms with Gasteiger partial charge in [-0.05, 0) is 57.8 Å². The molecule has 2 fully saturated rings. The summed E-state index contributed by atoms with van der Waals surface area (Å²) in [6.07, 6.45) is 13.5. The van der Waals surface area contributed by atoms with E-state index < -0.39 is 0 Å². The Morgan fingerprint density at radius 1 is 0.875 bits per heavy atom. The number of rotatable bonds is 3. The molecule has 1 aromatic heterocycles. The van der Waals surface area contributed by atoms with E-state index in [1.807, 2.05) is 0 Å². The van der Waals surface area contributed by atoms with Gasteiger partial charge in [-0.3, -0.25) is 0 Å². The van der Waals surface area contributed by atoms with Gasteiger partial charge in [0.05, 0.1) is 5.69 Å². The van der Waals surface area contributed by atoms with Crippen LogP contribution in [0.2, 0.25) is 0 Å². The second-order valence-electron chi connectivity index (χ2n) is 7.75. The smallest absolute Gasteiger partial charge is 0.225 e. The molecule has 0 aromatic carbocycles. The molecule has 0 radical (unpaired) electrons. The standard InChI is InChI=1S/C19H31N5/c20-15-9-7-11-17(15)22-19-21-16-10-4-3-8-14(16)18(23-19)24-12-5-1-2-6-13-24/h15,17H,1-13,20H2,(H,21,22,23). The number of nitrogens with zero attached hydrogens (tertiary/aromatic N) is 3. The molecule has 3 aliphatic rings. The third-order valence-corrected chi connectivity index (χ3v) is 5.95. The lowest BCUT2D eigenvalue weighted by atomic mass is 9.96. The predicted molar refractivity (Wildman–Crippen MR) is 98.6 cm³/mol. The zero-order chi connectivity index (χ0) is 16.4. The molecule has 2 heterocycles. The van der Waals surface area contributed by atoms with Crippen molar-refractivity contribution in [3.63, 3.8) is 0 Å². The van der Waals surface area contributed by atoms with Crippen molar-refractivity contribution in [1.29, 1.82) is 0 Å². The highest BCUT2D eigenvalue weighted by molar-refractivity contribution is 5.54. The summed E-state index contributed by atoms with van der Waals surface area (Å²) in [5.74, 6) is 2.04. The topological polar surface area (TPSA) is 67.1 Å². The average Bonchev–Trinajstić information content (AvgIpc) is 2.86. The Bertz CT molecular complexity index is 565. The van der Waals surface area contributed by atoms with Crippen LogP contribution in [0.15, 0.2) is 0 Å². The first-order chi connectivity index (χ1) is 11.8. The van der Waals surface area contributed by atoms with Crippen LogP contribution in [0.4, 0.5) is 11.8 Å². The molecule has 24 heavy (non-hydrogen) atoms. The van der Waals surface area contributed by atoms with E-state index in [9.17, 15) is 0 Å². The van der Waals surface area contributed by atoms with Gasteiger partial charge < -0.3 is 16.0 Å². The Kier molecular flexibility index (Phi) is 4.88. The van der Waals surface area contributed by atoms with Crippen LogP contribution in [0.3, 0.4) is 0 Å². The fourth-order valence-electron chi connectivity index (χ4n) is 4.52. The number of nitrogens with one attached hydrogen (secondary N) is 1. The highest BCUT2D eigenvalue weighted by Crippen LogP contribution is 2.31. The largest absolute Gasteiger partial charge is 0.356 e. The van der Waals surface area contributed by atoms with E-state index in [4.69, 9.17) is 15.7 Å². The van der Waals surface area contributed by atoms with Crippen molar-refractivity contribution in [2.45, 2.75) is 82.7 Å². The summed E-state index contributed by atoms with van der Waals surface area (Å²) < 4.78 is 0. The minimum Gasteiger partial charge on any atom is -0.356 e. The molecule has 1 saturated heterocycles. The molecule has 1 aliphatic heterocycles. The van der Waals surface area contributed by atoms with Crippen molar-refractivity contribution in [1.82, 2.24) is 9.97 Å². The fourth-order valence-corrected chi connectivity index (χ4v) is 4.52. The monoisotopic (exact) mass is 329 g/mol. The van der Waals surface area contributed by atoms with Gasteiger partial charge in [0.15, 0.2) is 0 Å². The van der Waals surface area contributed by atoms with Crippen LogP contribution in [0.1, 0.15) is 69.0 Å². The van der Waals surface area contributed by atoms with Crippen molar-refractivity contribution in [2.24, 2.45) is 5.73 Å². The van der Waals surface area contributed by atoms with E-state index in [1.54, 1.807) is 0 Å². The zero-order valence-corrected chi connectivity index (χ0v) is 14.8. The van der Waals surface area contributed by atoms with Crippen LogP contribution in [-0.2, 0) is 12.8 Å². The number of aryl methyl sites for hydroxylation is 1. The van der Waals surface area contributed by atoms with Crippen molar-refractivity contribution < 1.29 is 0 Å². The minimum atomic E-state index is 0.242. The summed E-state index contributed by atoms with van der Waals surface area (Å²) in [6.45, 7) is 2.29. The van der Waals surface area contributed by atoms with Crippen LogP contribution in [-0.4, -0.2) is 35.1 Å². The first kappa shape index (κ1) is 16.1. The van der Waals surface area contributed by atoms with E-state index in [0.717, 1.165) is 44.7 Å². The van der Waals surface area contributed by atoms with Crippen molar-refractivity contribution in [3.8, 4) is 0 Å². The number of anilines is 2. The molecule has 3 N–H and O–H groups in total. The van der Waals surface area contributed by atoms with Gasteiger partial charge in [-0.1, -0.05) is 12.8 Å². The van der Waals surface area contributed by atoms with Crippen molar-refractivity contribution in [2.75, 3.05) is 23.3 Å². The summed E-state index contributed by atoms with van der Waals surface area (Å²) in [5.41, 5.74) is 8.94. The predicted octanol–water partition coefficient (Wildman–Crippen LogP) is 3.03. The molecule has 5 nitrogen and oxygen atoms in total. The molecule has 0 spiro atoms. The van der Waals surface area contributed by atoms with E-state index in [-0.39, 0.29) is 6.04 Å². The van der Waals surface area contributed by atoms with Crippen molar-refractivity contribution in [3.05, 3.63) is 11.3 Å². The van der Waals surface area contributed by atoms with Gasteiger partial charge in [0.1, 0.15) is 5.82 Å². The Morgan fingerprint density at radius 2 is 1.67 bits per heavy atom. The van der Waals surface area contributed by atoms with Gasteiger partial charge in [0.2, 0.25) is 5.95 Å². The number of hydrogen-bond donors (Lipinski definition) is 2. The first-order valence-corrected chi connectivity index (χ1v) is 9.98. The van der Waals surface area contributed by atoms with Gasteiger partial charge in [0.25, 0.3) is 0 Å². The quantitative estimate of drug-likeness (QED) is 0.892. The summed E-state index contributed by atoms with van der Waals surface area (Å²) in [6, 6.07) is 0.579. The average molecular weight is 329 g/mol. The van der Waals surface area contributed by atoms with Crippen LogP contribution >= 0.6 is 0 Å². The normalized spacial score (nSPS) is 27.6. The van der Waals surface area contributed by atoms with Gasteiger partial charge in [-0.25, -0.2) is 4.98 Å². The summed E-state index contributed by atoms with van der Waals surface area (Å²) in [5, 5.41) is 3.56. The molecule has 0 bridgehead atoms. The second-order valence-corrected chi connectivity index (χ2v) is 7.75. The fraction of sp³-hybridized carbons (Fsp3) is 0.789. The van der Waals surface area contributed by atoms with Crippen LogP contribution in [0.25, 0.3) is 0 Å². The molecule has 132 valence electrons. The maximum Gasteiger partial charge on any atom is 0.225 e. The van der Waals surface area contributed by atoms with Gasteiger partial charge in [-0.15, -0.1) is 0 Å². The lowest BCUT2D eigenvalue weighted by Crippen LogP contribution is -2.36. The molecule has 1 aromatic rings. The van der Waals surface area contributed by atoms with Crippen LogP contribution in [0, 0.1) is 0 Å². The molecule has 2 aliphatic carbocycles. The molecule has 1 saturated carbocycles. The number of aromatic nitrogens is 2. The summed E-state index contributed by atoms with van der Waals surface area (Å²) in [4.78, 5) is 12.4. The summed E-state index contributed by atoms with van der Waals surface area (Å²) in [7, 11) is 0. The van der Waals surface area contributed by atoms with E-state index in [1.165, 1.54) is 62.0 Å². The molecule has 4 rings (SSSR count). The Hall–Kier alpha value is -1.36. The third kappa shape index (κ3) is 3.37. The number of fused-ring (bicyclic) bond motifs is 1. The lowest BCUT2D eigenvalue weighted by molar-refractivity contribution is 0.624. The van der Waals surface area contributed by atoms with Gasteiger partial charge in [0, 0.05) is 30.7 Å². The Balaban J connectivity index is 1.63. The van der Waals surface area contributed by atoms with E-state index >= 15 is 0 Å². The maximum atomic E-state index is 6.24. The zero-order valence-electron chi connectivity index (χ0n) is 14.8. The Morgan fingerprint density at radius 3 is 2.42 bits per heavy atom. The summed E-state index contributed by atoms with van der Waals surface area (Å²) >= 11 is 0. The number of hydrogen-bond acceptors (Lipinski definition) is 5. The second kappa shape index (κ2) is 7.26. The van der Waals surface area contributed by atoms with Crippen LogP contribution in [0.5, 0.6) is 0 Å². The highest BCUT2D eigenvalue weighted by atomic mass is 15.2. The molecular formula is C19H31N5. The Labute approximate surface area is 145 Å². The number of nitrogens with two attached hydrogens (primary N) is 1. The molecular weight excluding hydrogens is 298 g/mol. The van der Waals surface area contributed by atoms with E-state index in [0.29, 0.717) is 6.04 Å². The SMILES string of the molecule is NC1CCCC1Nc1nc2c(c(N3CCCCCC3)n1)CCCC2. The molecule has 0 amide bonds. The lowest BCUT2D eigenvalue weighted by Gasteiger charge is -2.28. The van der Waals surface area contributed by atoms with Crippen molar-refractivity contribution >= 4 is 11.8 Å². The van der Waals surface area contributed by atoms with E-state index in [2.05, 4.69) is 10.2 Å². The maximum absolute atomic E-state index is 6.24. The van der Waals surface area contributed by atoms with Crippen LogP contribution < -0.4 is 16.0 Å². The molecule has 2 atom stereocenters. The highest BCUT2D eigenvalue weighted by Gasteiger charge is 2.27.